The molecule has 100 valence electrons. The molecule has 19 heavy (non-hydrogen) atoms. The maximum Gasteiger partial charge on any atom is 0.224 e. The van der Waals surface area contributed by atoms with Crippen molar-refractivity contribution in [3.8, 4) is 11.6 Å². The van der Waals surface area contributed by atoms with Gasteiger partial charge >= 0.3 is 0 Å². The fourth-order valence-electron chi connectivity index (χ4n) is 1.50. The minimum absolute atomic E-state index is 0.0976. The molecule has 0 radical (unpaired) electrons. The van der Waals surface area contributed by atoms with E-state index >= 15 is 0 Å². The second-order valence-electron chi connectivity index (χ2n) is 3.87. The van der Waals surface area contributed by atoms with Crippen molar-refractivity contribution in [3.63, 3.8) is 0 Å². The quantitative estimate of drug-likeness (QED) is 0.748. The zero-order valence-corrected chi connectivity index (χ0v) is 12.5. The molecule has 2 aromatic rings. The van der Waals surface area contributed by atoms with Gasteiger partial charge in [-0.25, -0.2) is 9.37 Å². The van der Waals surface area contributed by atoms with Gasteiger partial charge in [0.1, 0.15) is 11.0 Å². The molecule has 0 aliphatic heterocycles. The highest BCUT2D eigenvalue weighted by Crippen LogP contribution is 2.26. The minimum Gasteiger partial charge on any atom is -0.436 e. The maximum atomic E-state index is 13.7. The predicted octanol–water partition coefficient (Wildman–Crippen LogP) is 4.78. The summed E-state index contributed by atoms with van der Waals surface area (Å²) in [6.45, 7) is 2.01. The summed E-state index contributed by atoms with van der Waals surface area (Å²) >= 11 is 9.07. The fourth-order valence-corrected chi connectivity index (χ4v) is 2.02. The molecule has 0 amide bonds. The third-order valence-electron chi connectivity index (χ3n) is 2.30. The first-order valence-electron chi connectivity index (χ1n) is 5.75. The number of nitrogens with zero attached hydrogens (tertiary/aromatic N) is 2. The molecular formula is C13H11BrClFN2O. The Morgan fingerprint density at radius 3 is 2.79 bits per heavy atom. The normalized spacial score (nSPS) is 10.5. The molecule has 0 atom stereocenters. The van der Waals surface area contributed by atoms with Gasteiger partial charge in [0.2, 0.25) is 5.88 Å². The molecule has 0 bridgehead atoms. The van der Waals surface area contributed by atoms with Gasteiger partial charge < -0.3 is 4.74 Å². The Bertz CT molecular complexity index is 595. The maximum absolute atomic E-state index is 13.7. The minimum atomic E-state index is -0.471. The van der Waals surface area contributed by atoms with E-state index in [1.54, 1.807) is 6.07 Å². The number of hydrogen-bond donors (Lipinski definition) is 0. The summed E-state index contributed by atoms with van der Waals surface area (Å²) in [6, 6.07) is 6.00. The van der Waals surface area contributed by atoms with Gasteiger partial charge in [0.25, 0.3) is 0 Å². The Labute approximate surface area is 123 Å². The average molecular weight is 346 g/mol. The predicted molar refractivity (Wildman–Crippen MR) is 75.2 cm³/mol. The molecule has 0 saturated carbocycles. The van der Waals surface area contributed by atoms with Crippen LogP contribution in [-0.4, -0.2) is 9.97 Å². The van der Waals surface area contributed by atoms with Crippen LogP contribution in [0.4, 0.5) is 4.39 Å². The molecule has 2 rings (SSSR count). The van der Waals surface area contributed by atoms with E-state index in [1.807, 2.05) is 6.92 Å². The van der Waals surface area contributed by atoms with Crippen molar-refractivity contribution in [2.45, 2.75) is 19.8 Å². The highest BCUT2D eigenvalue weighted by atomic mass is 79.9. The van der Waals surface area contributed by atoms with Crippen LogP contribution >= 0.6 is 27.5 Å². The zero-order chi connectivity index (χ0) is 13.8. The molecule has 0 fully saturated rings. The Morgan fingerprint density at radius 2 is 2.11 bits per heavy atom. The van der Waals surface area contributed by atoms with Crippen LogP contribution < -0.4 is 4.74 Å². The molecular weight excluding hydrogens is 335 g/mol. The molecule has 0 unspecified atom stereocenters. The van der Waals surface area contributed by atoms with E-state index < -0.39 is 5.82 Å². The number of hydrogen-bond acceptors (Lipinski definition) is 3. The smallest absolute Gasteiger partial charge is 0.224 e. The lowest BCUT2D eigenvalue weighted by molar-refractivity contribution is 0.424. The summed E-state index contributed by atoms with van der Waals surface area (Å²) in [4.78, 5) is 8.26. The Kier molecular flexibility index (Phi) is 4.71. The van der Waals surface area contributed by atoms with E-state index in [2.05, 4.69) is 25.9 Å². The van der Waals surface area contributed by atoms with Crippen LogP contribution in [0.25, 0.3) is 0 Å². The van der Waals surface area contributed by atoms with Crippen molar-refractivity contribution in [1.82, 2.24) is 9.97 Å². The monoisotopic (exact) mass is 344 g/mol. The molecule has 0 N–H and O–H groups in total. The molecule has 1 aromatic carbocycles. The largest absolute Gasteiger partial charge is 0.436 e. The van der Waals surface area contributed by atoms with E-state index in [4.69, 9.17) is 16.3 Å². The molecule has 0 spiro atoms. The van der Waals surface area contributed by atoms with E-state index in [9.17, 15) is 4.39 Å². The van der Waals surface area contributed by atoms with Crippen molar-refractivity contribution < 1.29 is 9.13 Å². The molecule has 0 aliphatic carbocycles. The van der Waals surface area contributed by atoms with E-state index in [1.165, 1.54) is 18.2 Å². The van der Waals surface area contributed by atoms with Gasteiger partial charge in [0.05, 0.1) is 0 Å². The fraction of sp³-hybridized carbons (Fsp3) is 0.231. The molecule has 0 aliphatic rings. The molecule has 1 aromatic heterocycles. The second-order valence-corrected chi connectivity index (χ2v) is 5.17. The van der Waals surface area contributed by atoms with Crippen LogP contribution in [-0.2, 0) is 6.42 Å². The number of aromatic nitrogens is 2. The van der Waals surface area contributed by atoms with Gasteiger partial charge in [0, 0.05) is 17.0 Å². The Morgan fingerprint density at radius 1 is 1.32 bits per heavy atom. The van der Waals surface area contributed by atoms with Crippen LogP contribution in [0.3, 0.4) is 0 Å². The van der Waals surface area contributed by atoms with Gasteiger partial charge in [-0.15, -0.1) is 0 Å². The Hall–Kier alpha value is -1.20. The average Bonchev–Trinajstić information content (AvgIpc) is 2.32. The second kappa shape index (κ2) is 6.30. The lowest BCUT2D eigenvalue weighted by Crippen LogP contribution is -1.98. The van der Waals surface area contributed by atoms with Gasteiger partial charge in [-0.3, -0.25) is 0 Å². The van der Waals surface area contributed by atoms with Gasteiger partial charge in [0.15, 0.2) is 11.6 Å². The van der Waals surface area contributed by atoms with Crippen LogP contribution in [0.1, 0.15) is 19.2 Å². The van der Waals surface area contributed by atoms with Crippen LogP contribution in [0.15, 0.2) is 28.7 Å². The van der Waals surface area contributed by atoms with E-state index in [-0.39, 0.29) is 16.8 Å². The SMILES string of the molecule is CCCc1nc(Cl)cc(Oc2ccc(Br)cc2F)n1. The first-order valence-corrected chi connectivity index (χ1v) is 6.92. The van der Waals surface area contributed by atoms with Crippen molar-refractivity contribution in [2.75, 3.05) is 0 Å². The Balaban J connectivity index is 2.27. The summed E-state index contributed by atoms with van der Waals surface area (Å²) < 4.78 is 19.7. The lowest BCUT2D eigenvalue weighted by atomic mass is 10.3. The third-order valence-corrected chi connectivity index (χ3v) is 2.99. The summed E-state index contributed by atoms with van der Waals surface area (Å²) in [5, 5.41) is 0.283. The number of ether oxygens (including phenoxy) is 1. The summed E-state index contributed by atoms with van der Waals surface area (Å²) in [7, 11) is 0. The molecule has 3 nitrogen and oxygen atoms in total. The first-order chi connectivity index (χ1) is 9.08. The van der Waals surface area contributed by atoms with Crippen LogP contribution in [0, 0.1) is 5.82 Å². The lowest BCUT2D eigenvalue weighted by Gasteiger charge is -2.07. The summed E-state index contributed by atoms with van der Waals surface area (Å²) in [5.41, 5.74) is 0. The van der Waals surface area contributed by atoms with Crippen molar-refractivity contribution >= 4 is 27.5 Å². The van der Waals surface area contributed by atoms with E-state index in [0.717, 1.165) is 6.42 Å². The van der Waals surface area contributed by atoms with Crippen LogP contribution in [0.2, 0.25) is 5.15 Å². The van der Waals surface area contributed by atoms with E-state index in [0.29, 0.717) is 16.7 Å². The van der Waals surface area contributed by atoms with Crippen molar-refractivity contribution in [3.05, 3.63) is 45.5 Å². The summed E-state index contributed by atoms with van der Waals surface area (Å²) in [5.74, 6) is 0.453. The summed E-state index contributed by atoms with van der Waals surface area (Å²) in [6.07, 6.45) is 1.59. The highest BCUT2D eigenvalue weighted by molar-refractivity contribution is 9.10. The van der Waals surface area contributed by atoms with Gasteiger partial charge in [-0.1, -0.05) is 34.5 Å². The number of benzene rings is 1. The molecule has 1 heterocycles. The number of rotatable bonds is 4. The zero-order valence-electron chi connectivity index (χ0n) is 10.2. The first kappa shape index (κ1) is 14.2. The highest BCUT2D eigenvalue weighted by Gasteiger charge is 2.09. The topological polar surface area (TPSA) is 35.0 Å². The standard InChI is InChI=1S/C13H11BrClFN2O/c1-2-3-12-17-11(15)7-13(18-12)19-10-5-4-8(14)6-9(10)16/h4-7H,2-3H2,1H3. The van der Waals surface area contributed by atoms with Crippen molar-refractivity contribution in [1.29, 1.82) is 0 Å². The van der Waals surface area contributed by atoms with Gasteiger partial charge in [-0.05, 0) is 24.6 Å². The number of halogens is 3. The van der Waals surface area contributed by atoms with Crippen LogP contribution in [0.5, 0.6) is 11.6 Å². The van der Waals surface area contributed by atoms with Gasteiger partial charge in [-0.2, -0.15) is 4.98 Å². The third kappa shape index (κ3) is 3.88. The van der Waals surface area contributed by atoms with Crippen molar-refractivity contribution in [2.24, 2.45) is 0 Å². The molecule has 6 heteroatoms. The molecule has 0 saturated heterocycles. The number of aryl methyl sites for hydroxylation is 1.